The van der Waals surface area contributed by atoms with E-state index in [9.17, 15) is 24.6 Å². The number of rotatable bonds is 5. The third-order valence-electron chi connectivity index (χ3n) is 4.51. The third kappa shape index (κ3) is 3.86. The quantitative estimate of drug-likeness (QED) is 0.377. The first kappa shape index (κ1) is 20.6. The van der Waals surface area contributed by atoms with Gasteiger partial charge in [-0.05, 0) is 37.1 Å². The van der Waals surface area contributed by atoms with Gasteiger partial charge in [0.2, 0.25) is 5.88 Å². The zero-order valence-electron chi connectivity index (χ0n) is 16.3. The SMILES string of the molecule is CCC(=NNC(=O)c1ccccc1O)c1c(O)n(-c2ccccc2C)c(=O)[nH]c1=O. The molecular formula is C21H20N4O5. The molecule has 1 aromatic heterocycles. The minimum atomic E-state index is -0.834. The fourth-order valence-electron chi connectivity index (χ4n) is 2.98. The van der Waals surface area contributed by atoms with Gasteiger partial charge in [-0.15, -0.1) is 0 Å². The molecular weight excluding hydrogens is 388 g/mol. The number of benzene rings is 2. The molecule has 9 heteroatoms. The number of hydrogen-bond acceptors (Lipinski definition) is 6. The van der Waals surface area contributed by atoms with Crippen LogP contribution in [0.3, 0.4) is 0 Å². The largest absolute Gasteiger partial charge is 0.507 e. The Bertz CT molecular complexity index is 1260. The fraction of sp³-hybridized carbons (Fsp3) is 0.143. The predicted molar refractivity (Wildman–Crippen MR) is 111 cm³/mol. The van der Waals surface area contributed by atoms with Crippen LogP contribution in [0.5, 0.6) is 11.6 Å². The molecule has 0 unspecified atom stereocenters. The maximum absolute atomic E-state index is 12.4. The Hall–Kier alpha value is -4.14. The number of aromatic amines is 1. The fourth-order valence-corrected chi connectivity index (χ4v) is 2.98. The van der Waals surface area contributed by atoms with Gasteiger partial charge in [-0.2, -0.15) is 5.10 Å². The van der Waals surface area contributed by atoms with Crippen molar-refractivity contribution in [3.63, 3.8) is 0 Å². The molecule has 0 radical (unpaired) electrons. The van der Waals surface area contributed by atoms with Crippen molar-refractivity contribution in [1.29, 1.82) is 0 Å². The number of amides is 1. The summed E-state index contributed by atoms with van der Waals surface area (Å²) in [6.45, 7) is 3.43. The number of para-hydroxylation sites is 2. The van der Waals surface area contributed by atoms with E-state index < -0.39 is 23.0 Å². The van der Waals surface area contributed by atoms with E-state index in [2.05, 4.69) is 15.5 Å². The molecule has 0 saturated carbocycles. The summed E-state index contributed by atoms with van der Waals surface area (Å²) in [6, 6.07) is 12.8. The van der Waals surface area contributed by atoms with Crippen molar-refractivity contribution in [3.05, 3.63) is 86.1 Å². The summed E-state index contributed by atoms with van der Waals surface area (Å²) in [4.78, 5) is 39.3. The number of H-pyrrole nitrogens is 1. The lowest BCUT2D eigenvalue weighted by molar-refractivity contribution is 0.0952. The van der Waals surface area contributed by atoms with Gasteiger partial charge in [-0.3, -0.25) is 14.6 Å². The molecule has 0 bridgehead atoms. The van der Waals surface area contributed by atoms with E-state index >= 15 is 0 Å². The van der Waals surface area contributed by atoms with Gasteiger partial charge in [-0.25, -0.2) is 14.8 Å². The van der Waals surface area contributed by atoms with E-state index in [1.54, 1.807) is 50.2 Å². The van der Waals surface area contributed by atoms with Crippen LogP contribution < -0.4 is 16.7 Å². The van der Waals surface area contributed by atoms with Crippen molar-refractivity contribution in [1.82, 2.24) is 15.0 Å². The topological polar surface area (TPSA) is 137 Å². The van der Waals surface area contributed by atoms with Crippen molar-refractivity contribution in [2.45, 2.75) is 20.3 Å². The third-order valence-corrected chi connectivity index (χ3v) is 4.51. The second-order valence-electron chi connectivity index (χ2n) is 6.45. The maximum atomic E-state index is 12.4. The average Bonchev–Trinajstić information content (AvgIpc) is 2.71. The van der Waals surface area contributed by atoms with E-state index in [1.807, 2.05) is 0 Å². The molecule has 0 saturated heterocycles. The van der Waals surface area contributed by atoms with Crippen LogP contribution in [0.15, 0.2) is 63.2 Å². The van der Waals surface area contributed by atoms with Crippen LogP contribution in [0, 0.1) is 6.92 Å². The highest BCUT2D eigenvalue weighted by molar-refractivity contribution is 6.03. The number of carbonyl (C=O) groups is 1. The molecule has 0 aliphatic rings. The summed E-state index contributed by atoms with van der Waals surface area (Å²) in [7, 11) is 0. The number of nitrogens with zero attached hydrogens (tertiary/aromatic N) is 2. The second kappa shape index (κ2) is 8.48. The normalized spacial score (nSPS) is 11.3. The number of nitrogens with one attached hydrogen (secondary N) is 2. The molecule has 0 aliphatic carbocycles. The minimum Gasteiger partial charge on any atom is -0.507 e. The summed E-state index contributed by atoms with van der Waals surface area (Å²) in [5.41, 5.74) is 1.55. The molecule has 2 aromatic carbocycles. The van der Waals surface area contributed by atoms with Gasteiger partial charge >= 0.3 is 5.69 Å². The number of phenols is 1. The van der Waals surface area contributed by atoms with Gasteiger partial charge in [0.1, 0.15) is 11.3 Å². The van der Waals surface area contributed by atoms with Crippen molar-refractivity contribution >= 4 is 11.6 Å². The van der Waals surface area contributed by atoms with E-state index in [4.69, 9.17) is 0 Å². The molecule has 4 N–H and O–H groups in total. The number of phenolic OH excluding ortho intramolecular Hbond substituents is 1. The van der Waals surface area contributed by atoms with E-state index in [0.717, 1.165) is 4.57 Å². The highest BCUT2D eigenvalue weighted by Gasteiger charge is 2.21. The average molecular weight is 408 g/mol. The van der Waals surface area contributed by atoms with Crippen LogP contribution >= 0.6 is 0 Å². The lowest BCUT2D eigenvalue weighted by atomic mass is 10.1. The van der Waals surface area contributed by atoms with Crippen LogP contribution in [0.2, 0.25) is 0 Å². The standard InChI is InChI=1S/C21H20N4O5/c1-3-14(23-24-18(27)13-9-5-7-11-16(13)26)17-19(28)22-21(30)25(20(17)29)15-10-6-4-8-12(15)2/h4-11,26,29H,3H2,1-2H3,(H,24,27)(H,22,28,30). The first-order valence-electron chi connectivity index (χ1n) is 9.14. The zero-order chi connectivity index (χ0) is 21.8. The lowest BCUT2D eigenvalue weighted by Gasteiger charge is -2.14. The summed E-state index contributed by atoms with van der Waals surface area (Å²) in [6.07, 6.45) is 0.170. The van der Waals surface area contributed by atoms with Crippen molar-refractivity contribution in [2.75, 3.05) is 0 Å². The van der Waals surface area contributed by atoms with Crippen molar-refractivity contribution < 1.29 is 15.0 Å². The maximum Gasteiger partial charge on any atom is 0.335 e. The molecule has 1 heterocycles. The molecule has 0 fully saturated rings. The number of aromatic nitrogens is 2. The Labute approximate surface area is 171 Å². The molecule has 0 spiro atoms. The first-order valence-corrected chi connectivity index (χ1v) is 9.14. The highest BCUT2D eigenvalue weighted by atomic mass is 16.3. The summed E-state index contributed by atoms with van der Waals surface area (Å²) in [5.74, 6) is -1.50. The van der Waals surface area contributed by atoms with Crippen molar-refractivity contribution in [2.24, 2.45) is 5.10 Å². The molecule has 0 atom stereocenters. The number of aryl methyl sites for hydroxylation is 1. The van der Waals surface area contributed by atoms with Gasteiger partial charge in [0.15, 0.2) is 0 Å². The minimum absolute atomic E-state index is 0.000264. The van der Waals surface area contributed by atoms with Crippen LogP contribution in [-0.4, -0.2) is 31.4 Å². The molecule has 30 heavy (non-hydrogen) atoms. The Kier molecular flexibility index (Phi) is 5.82. The van der Waals surface area contributed by atoms with Crippen molar-refractivity contribution in [3.8, 4) is 17.3 Å². The summed E-state index contributed by atoms with van der Waals surface area (Å²) < 4.78 is 0.974. The van der Waals surface area contributed by atoms with Gasteiger partial charge in [0.25, 0.3) is 11.5 Å². The number of hydrazone groups is 1. The molecule has 3 rings (SSSR count). The number of carbonyl (C=O) groups excluding carboxylic acids is 1. The van der Waals surface area contributed by atoms with Gasteiger partial charge in [-0.1, -0.05) is 37.3 Å². The van der Waals surface area contributed by atoms with Gasteiger partial charge < -0.3 is 10.2 Å². The summed E-state index contributed by atoms with van der Waals surface area (Å²) >= 11 is 0. The number of aromatic hydroxyl groups is 2. The first-order chi connectivity index (χ1) is 14.3. The van der Waals surface area contributed by atoms with E-state index in [0.29, 0.717) is 11.3 Å². The molecule has 154 valence electrons. The number of hydrogen-bond donors (Lipinski definition) is 4. The highest BCUT2D eigenvalue weighted by Crippen LogP contribution is 2.20. The van der Waals surface area contributed by atoms with Gasteiger partial charge in [0, 0.05) is 0 Å². The predicted octanol–water partition coefficient (Wildman–Crippen LogP) is 1.79. The van der Waals surface area contributed by atoms with E-state index in [-0.39, 0.29) is 29.0 Å². The van der Waals surface area contributed by atoms with Crippen LogP contribution in [0.1, 0.15) is 34.8 Å². The Morgan fingerprint density at radius 1 is 1.10 bits per heavy atom. The molecule has 9 nitrogen and oxygen atoms in total. The van der Waals surface area contributed by atoms with Gasteiger partial charge in [0.05, 0.1) is 17.0 Å². The monoisotopic (exact) mass is 408 g/mol. The zero-order valence-corrected chi connectivity index (χ0v) is 16.3. The summed E-state index contributed by atoms with van der Waals surface area (Å²) in [5, 5.41) is 24.5. The van der Waals surface area contributed by atoms with Crippen LogP contribution in [0.25, 0.3) is 5.69 Å². The van der Waals surface area contributed by atoms with Crippen LogP contribution in [-0.2, 0) is 0 Å². The molecule has 0 aliphatic heterocycles. The Morgan fingerprint density at radius 2 is 1.77 bits per heavy atom. The molecule has 3 aromatic rings. The van der Waals surface area contributed by atoms with Crippen LogP contribution in [0.4, 0.5) is 0 Å². The Morgan fingerprint density at radius 3 is 2.43 bits per heavy atom. The van der Waals surface area contributed by atoms with E-state index in [1.165, 1.54) is 12.1 Å². The molecule has 1 amide bonds. The Balaban J connectivity index is 2.08. The lowest BCUT2D eigenvalue weighted by Crippen LogP contribution is -2.34. The second-order valence-corrected chi connectivity index (χ2v) is 6.45. The smallest absolute Gasteiger partial charge is 0.335 e.